The van der Waals surface area contributed by atoms with E-state index in [9.17, 15) is 9.59 Å². The Bertz CT molecular complexity index is 1420. The van der Waals surface area contributed by atoms with Gasteiger partial charge in [0.1, 0.15) is 17.1 Å². The Balaban J connectivity index is 1.60. The first-order chi connectivity index (χ1) is 17.0. The zero-order valence-corrected chi connectivity index (χ0v) is 20.0. The summed E-state index contributed by atoms with van der Waals surface area (Å²) in [6, 6.07) is 13.9. The van der Waals surface area contributed by atoms with Gasteiger partial charge < -0.3 is 28.1 Å². The lowest BCUT2D eigenvalue weighted by Crippen LogP contribution is -2.17. The van der Waals surface area contributed by atoms with Gasteiger partial charge in [-0.15, -0.1) is 0 Å². The lowest BCUT2D eigenvalue weighted by Gasteiger charge is -2.15. The number of ether oxygens (including phenoxy) is 5. The van der Waals surface area contributed by atoms with E-state index < -0.39 is 11.6 Å². The fraction of sp³-hybridized carbons (Fsp3) is 0.259. The maximum absolute atomic E-state index is 12.7. The lowest BCUT2D eigenvalue weighted by molar-refractivity contribution is -0.136. The van der Waals surface area contributed by atoms with Crippen LogP contribution in [0.1, 0.15) is 18.9 Å². The second kappa shape index (κ2) is 10.4. The molecule has 0 aliphatic heterocycles. The topological polar surface area (TPSA) is 93.4 Å². The third-order valence-corrected chi connectivity index (χ3v) is 5.53. The van der Waals surface area contributed by atoms with Crippen LogP contribution in [0.4, 0.5) is 0 Å². The molecule has 0 radical (unpaired) electrons. The summed E-state index contributed by atoms with van der Waals surface area (Å²) < 4.78 is 32.8. The highest BCUT2D eigenvalue weighted by Gasteiger charge is 2.21. The summed E-state index contributed by atoms with van der Waals surface area (Å²) in [5.74, 6) is 1.23. The summed E-state index contributed by atoms with van der Waals surface area (Å²) in [4.78, 5) is 25.1. The van der Waals surface area contributed by atoms with Crippen molar-refractivity contribution in [1.29, 1.82) is 0 Å². The van der Waals surface area contributed by atoms with Gasteiger partial charge in [-0.25, -0.2) is 9.59 Å². The van der Waals surface area contributed by atoms with Crippen LogP contribution in [0.15, 0.2) is 57.7 Å². The summed E-state index contributed by atoms with van der Waals surface area (Å²) in [6.07, 6.45) is 2.05. The molecule has 0 saturated carbocycles. The number of hydrogen-bond acceptors (Lipinski definition) is 8. The number of hydrogen-bond donors (Lipinski definition) is 0. The monoisotopic (exact) mass is 478 g/mol. The number of carbonyl (C=O) groups excluding carboxylic acids is 1. The number of fused-ring (bicyclic) bond motifs is 3. The second-order valence-electron chi connectivity index (χ2n) is 7.77. The van der Waals surface area contributed by atoms with Gasteiger partial charge in [0.2, 0.25) is 5.75 Å². The van der Waals surface area contributed by atoms with E-state index in [2.05, 4.69) is 6.92 Å². The number of rotatable bonds is 9. The van der Waals surface area contributed by atoms with Crippen LogP contribution in [-0.2, 0) is 11.2 Å². The molecule has 0 saturated heterocycles. The summed E-state index contributed by atoms with van der Waals surface area (Å²) in [5, 5.41) is 1.36. The molecule has 1 heterocycles. The fourth-order valence-corrected chi connectivity index (χ4v) is 3.94. The van der Waals surface area contributed by atoms with Crippen LogP contribution in [0.2, 0.25) is 0 Å². The van der Waals surface area contributed by atoms with Crippen LogP contribution in [0.5, 0.6) is 28.7 Å². The Morgan fingerprint density at radius 1 is 0.857 bits per heavy atom. The van der Waals surface area contributed by atoms with Crippen molar-refractivity contribution in [2.24, 2.45) is 0 Å². The molecule has 0 unspecified atom stereocenters. The van der Waals surface area contributed by atoms with Crippen molar-refractivity contribution in [3.8, 4) is 28.7 Å². The molecule has 4 aromatic rings. The van der Waals surface area contributed by atoms with E-state index in [1.54, 1.807) is 18.2 Å². The Morgan fingerprint density at radius 3 is 2.23 bits per heavy atom. The van der Waals surface area contributed by atoms with Gasteiger partial charge in [0.05, 0.1) is 26.7 Å². The molecular formula is C27H26O8. The zero-order valence-electron chi connectivity index (χ0n) is 20.0. The van der Waals surface area contributed by atoms with Gasteiger partial charge in [0, 0.05) is 16.8 Å². The minimum Gasteiger partial charge on any atom is -0.493 e. The van der Waals surface area contributed by atoms with Crippen LogP contribution in [-0.4, -0.2) is 33.9 Å². The van der Waals surface area contributed by atoms with Gasteiger partial charge in [-0.1, -0.05) is 25.5 Å². The van der Waals surface area contributed by atoms with Crippen molar-refractivity contribution >= 4 is 27.7 Å². The first-order valence-corrected chi connectivity index (χ1v) is 11.1. The summed E-state index contributed by atoms with van der Waals surface area (Å²) in [6.45, 7) is 1.85. The third-order valence-electron chi connectivity index (χ3n) is 5.53. The zero-order chi connectivity index (χ0) is 24.9. The van der Waals surface area contributed by atoms with Crippen LogP contribution < -0.4 is 29.3 Å². The highest BCUT2D eigenvalue weighted by molar-refractivity contribution is 6.10. The molecule has 3 aromatic carbocycles. The number of carbonyl (C=O) groups is 1. The summed E-state index contributed by atoms with van der Waals surface area (Å²) in [5.41, 5.74) is 0.844. The molecule has 0 atom stereocenters. The Kier molecular flexibility index (Phi) is 7.10. The van der Waals surface area contributed by atoms with E-state index in [-0.39, 0.29) is 23.3 Å². The molecule has 35 heavy (non-hydrogen) atoms. The smallest absolute Gasteiger partial charge is 0.349 e. The predicted molar refractivity (Wildman–Crippen MR) is 131 cm³/mol. The first kappa shape index (κ1) is 23.9. The standard InChI is InChI=1S/C27H26O8/c1-5-6-16-7-9-17(10-8-16)33-15-23(28)34-18-11-12-19-21(13-18)35-27(29)20-14-22(30-2)25(31-3)26(32-4)24(19)20/h7-14H,5-6,15H2,1-4H3. The molecule has 0 fully saturated rings. The molecule has 0 amide bonds. The van der Waals surface area contributed by atoms with Crippen molar-refractivity contribution < 1.29 is 32.9 Å². The summed E-state index contributed by atoms with van der Waals surface area (Å²) >= 11 is 0. The normalized spacial score (nSPS) is 10.9. The van der Waals surface area contributed by atoms with E-state index in [1.165, 1.54) is 33.0 Å². The molecule has 1 aromatic heterocycles. The molecule has 0 aliphatic carbocycles. The Labute approximate surface area is 201 Å². The van der Waals surface area contributed by atoms with E-state index in [1.807, 2.05) is 24.3 Å². The maximum atomic E-state index is 12.7. The van der Waals surface area contributed by atoms with Crippen molar-refractivity contribution in [2.45, 2.75) is 19.8 Å². The first-order valence-electron chi connectivity index (χ1n) is 11.1. The maximum Gasteiger partial charge on any atom is 0.349 e. The van der Waals surface area contributed by atoms with E-state index in [4.69, 9.17) is 28.1 Å². The summed E-state index contributed by atoms with van der Waals surface area (Å²) in [7, 11) is 4.43. The third kappa shape index (κ3) is 4.87. The van der Waals surface area contributed by atoms with Crippen molar-refractivity contribution in [3.63, 3.8) is 0 Å². The fourth-order valence-electron chi connectivity index (χ4n) is 3.94. The van der Waals surface area contributed by atoms with Crippen LogP contribution >= 0.6 is 0 Å². The Hall–Kier alpha value is -4.20. The van der Waals surface area contributed by atoms with Crippen LogP contribution in [0, 0.1) is 0 Å². The molecule has 0 N–H and O–H groups in total. The van der Waals surface area contributed by atoms with Crippen molar-refractivity contribution in [1.82, 2.24) is 0 Å². The molecule has 8 nitrogen and oxygen atoms in total. The van der Waals surface area contributed by atoms with Gasteiger partial charge >= 0.3 is 11.6 Å². The van der Waals surface area contributed by atoms with Gasteiger partial charge in [0.15, 0.2) is 18.1 Å². The second-order valence-corrected chi connectivity index (χ2v) is 7.77. The molecule has 0 spiro atoms. The van der Waals surface area contributed by atoms with Gasteiger partial charge in [-0.2, -0.15) is 0 Å². The number of methoxy groups -OCH3 is 3. The number of aryl methyl sites for hydroxylation is 1. The van der Waals surface area contributed by atoms with E-state index in [0.29, 0.717) is 33.8 Å². The molecule has 0 bridgehead atoms. The highest BCUT2D eigenvalue weighted by Crippen LogP contribution is 2.45. The van der Waals surface area contributed by atoms with E-state index >= 15 is 0 Å². The number of esters is 1. The molecule has 182 valence electrons. The quantitative estimate of drug-likeness (QED) is 0.145. The Morgan fingerprint density at radius 2 is 1.57 bits per heavy atom. The van der Waals surface area contributed by atoms with Crippen LogP contribution in [0.25, 0.3) is 21.7 Å². The van der Waals surface area contributed by atoms with Crippen molar-refractivity contribution in [2.75, 3.05) is 27.9 Å². The largest absolute Gasteiger partial charge is 0.493 e. The van der Waals surface area contributed by atoms with Gasteiger partial charge in [-0.3, -0.25) is 0 Å². The number of benzene rings is 3. The predicted octanol–water partition coefficient (Wildman–Crippen LogP) is 4.91. The van der Waals surface area contributed by atoms with Gasteiger partial charge in [-0.05, 0) is 42.3 Å². The van der Waals surface area contributed by atoms with Crippen LogP contribution in [0.3, 0.4) is 0 Å². The van der Waals surface area contributed by atoms with E-state index in [0.717, 1.165) is 12.8 Å². The molecule has 0 aliphatic rings. The minimum atomic E-state index is -0.593. The molecular weight excluding hydrogens is 452 g/mol. The van der Waals surface area contributed by atoms with Gasteiger partial charge in [0.25, 0.3) is 0 Å². The average Bonchev–Trinajstić information content (AvgIpc) is 2.87. The minimum absolute atomic E-state index is 0.214. The SMILES string of the molecule is CCCc1ccc(OCC(=O)Oc2ccc3c(c2)oc(=O)c2cc(OC)c(OC)c(OC)c23)cc1. The average molecular weight is 478 g/mol. The highest BCUT2D eigenvalue weighted by atomic mass is 16.6. The lowest BCUT2D eigenvalue weighted by atomic mass is 10.0. The molecule has 4 rings (SSSR count). The molecule has 8 heteroatoms. The van der Waals surface area contributed by atoms with Crippen molar-refractivity contribution in [3.05, 3.63) is 64.5 Å².